The smallest absolute Gasteiger partial charge is 0.339 e. The molecule has 0 amide bonds. The van der Waals surface area contributed by atoms with Gasteiger partial charge in [-0.2, -0.15) is 0 Å². The first-order valence-electron chi connectivity index (χ1n) is 6.31. The number of anilines is 1. The Labute approximate surface area is 114 Å². The maximum Gasteiger partial charge on any atom is 0.339 e. The van der Waals surface area contributed by atoms with Crippen molar-refractivity contribution < 1.29 is 19.6 Å². The Hall–Kier alpha value is -2.22. The summed E-state index contributed by atoms with van der Waals surface area (Å²) < 4.78 is 5.52. The zero-order chi connectivity index (χ0) is 14.5. The normalized spacial score (nSPS) is 18.5. The molecule has 1 saturated heterocycles. The number of hydrogen-bond donors (Lipinski definition) is 2. The molecule has 2 rings (SSSR count). The topological polar surface area (TPSA) is 115 Å². The molecule has 1 aromatic rings. The lowest BCUT2D eigenvalue weighted by Gasteiger charge is -2.23. The number of hydrogen-bond acceptors (Lipinski definition) is 6. The molecule has 0 radical (unpaired) electrons. The highest BCUT2D eigenvalue weighted by molar-refractivity contribution is 5.93. The zero-order valence-corrected chi connectivity index (χ0v) is 10.7. The van der Waals surface area contributed by atoms with Crippen molar-refractivity contribution in [1.82, 2.24) is 4.98 Å². The molecule has 8 heteroatoms. The van der Waals surface area contributed by atoms with Gasteiger partial charge in [0.25, 0.3) is 5.69 Å². The number of rotatable bonds is 5. The number of nitro groups is 1. The number of nitrogens with one attached hydrogen (secondary N) is 1. The number of carboxylic acid groups (broad SMARTS) is 1. The van der Waals surface area contributed by atoms with Gasteiger partial charge in [-0.05, 0) is 19.3 Å². The molecule has 2 heterocycles. The molecule has 0 aromatic carbocycles. The molecule has 0 saturated carbocycles. The molecule has 1 atom stereocenters. The van der Waals surface area contributed by atoms with E-state index in [1.807, 2.05) is 0 Å². The highest BCUT2D eigenvalue weighted by atomic mass is 16.6. The maximum atomic E-state index is 11.1. The largest absolute Gasteiger partial charge is 0.478 e. The lowest BCUT2D eigenvalue weighted by Crippen LogP contribution is -2.27. The van der Waals surface area contributed by atoms with E-state index in [1.165, 1.54) is 0 Å². The van der Waals surface area contributed by atoms with E-state index in [2.05, 4.69) is 10.3 Å². The first-order valence-corrected chi connectivity index (χ1v) is 6.31. The fourth-order valence-electron chi connectivity index (χ4n) is 2.04. The van der Waals surface area contributed by atoms with Crippen molar-refractivity contribution >= 4 is 17.5 Å². The summed E-state index contributed by atoms with van der Waals surface area (Å²) >= 11 is 0. The van der Waals surface area contributed by atoms with Gasteiger partial charge in [0.2, 0.25) is 0 Å². The molecule has 20 heavy (non-hydrogen) atoms. The minimum absolute atomic E-state index is 0.0161. The van der Waals surface area contributed by atoms with E-state index in [-0.39, 0.29) is 23.2 Å². The minimum Gasteiger partial charge on any atom is -0.478 e. The molecule has 1 aliphatic rings. The van der Waals surface area contributed by atoms with Gasteiger partial charge in [-0.3, -0.25) is 10.1 Å². The summed E-state index contributed by atoms with van der Waals surface area (Å²) in [5, 5.41) is 22.6. The van der Waals surface area contributed by atoms with Gasteiger partial charge in [-0.15, -0.1) is 0 Å². The molecule has 1 fully saturated rings. The number of nitrogens with zero attached hydrogens (tertiary/aromatic N) is 2. The van der Waals surface area contributed by atoms with Crippen LogP contribution in [0, 0.1) is 10.1 Å². The lowest BCUT2D eigenvalue weighted by molar-refractivity contribution is -0.385. The Morgan fingerprint density at radius 2 is 2.40 bits per heavy atom. The predicted molar refractivity (Wildman–Crippen MR) is 69.9 cm³/mol. The SMILES string of the molecule is O=C(O)c1cc([N+](=O)[O-])cnc1NCC1CCCCO1. The fraction of sp³-hybridized carbons (Fsp3) is 0.500. The second-order valence-electron chi connectivity index (χ2n) is 4.52. The van der Waals surface area contributed by atoms with E-state index < -0.39 is 10.9 Å². The van der Waals surface area contributed by atoms with Crippen LogP contribution in [0.1, 0.15) is 29.6 Å². The van der Waals surface area contributed by atoms with E-state index in [0.717, 1.165) is 31.5 Å². The zero-order valence-electron chi connectivity index (χ0n) is 10.7. The number of ether oxygens (including phenoxy) is 1. The van der Waals surface area contributed by atoms with E-state index in [1.54, 1.807) is 0 Å². The number of aromatic nitrogens is 1. The highest BCUT2D eigenvalue weighted by Crippen LogP contribution is 2.20. The van der Waals surface area contributed by atoms with Crippen molar-refractivity contribution in [2.75, 3.05) is 18.5 Å². The summed E-state index contributed by atoms with van der Waals surface area (Å²) in [6, 6.07) is 0.999. The van der Waals surface area contributed by atoms with Crippen molar-refractivity contribution in [2.45, 2.75) is 25.4 Å². The van der Waals surface area contributed by atoms with Crippen molar-refractivity contribution in [3.8, 4) is 0 Å². The van der Waals surface area contributed by atoms with E-state index in [9.17, 15) is 14.9 Å². The van der Waals surface area contributed by atoms with Crippen LogP contribution in [0.4, 0.5) is 11.5 Å². The van der Waals surface area contributed by atoms with Gasteiger partial charge in [0.15, 0.2) is 0 Å². The van der Waals surface area contributed by atoms with Crippen LogP contribution in [0.2, 0.25) is 0 Å². The fourth-order valence-corrected chi connectivity index (χ4v) is 2.04. The first-order chi connectivity index (χ1) is 9.58. The maximum absolute atomic E-state index is 11.1. The van der Waals surface area contributed by atoms with Crippen LogP contribution in [-0.2, 0) is 4.74 Å². The second-order valence-corrected chi connectivity index (χ2v) is 4.52. The van der Waals surface area contributed by atoms with E-state index in [0.29, 0.717) is 13.2 Å². The van der Waals surface area contributed by atoms with Gasteiger partial charge in [0.05, 0.1) is 11.0 Å². The molecule has 1 unspecified atom stereocenters. The summed E-state index contributed by atoms with van der Waals surface area (Å²) in [6.45, 7) is 1.14. The molecular weight excluding hydrogens is 266 g/mol. The van der Waals surface area contributed by atoms with Gasteiger partial charge in [-0.25, -0.2) is 9.78 Å². The lowest BCUT2D eigenvalue weighted by atomic mass is 10.1. The van der Waals surface area contributed by atoms with Crippen LogP contribution in [0.5, 0.6) is 0 Å². The van der Waals surface area contributed by atoms with E-state index >= 15 is 0 Å². The Morgan fingerprint density at radius 3 is 3.00 bits per heavy atom. The number of carbonyl (C=O) groups is 1. The third-order valence-electron chi connectivity index (χ3n) is 3.09. The summed E-state index contributed by atoms with van der Waals surface area (Å²) in [7, 11) is 0. The van der Waals surface area contributed by atoms with Crippen LogP contribution in [-0.4, -0.2) is 40.2 Å². The van der Waals surface area contributed by atoms with Crippen molar-refractivity contribution in [3.63, 3.8) is 0 Å². The quantitative estimate of drug-likeness (QED) is 0.623. The molecule has 0 bridgehead atoms. The number of carboxylic acids is 1. The Balaban J connectivity index is 2.09. The standard InChI is InChI=1S/C12H15N3O5/c16-12(17)10-5-8(15(18)19)6-13-11(10)14-7-9-3-1-2-4-20-9/h5-6,9H,1-4,7H2,(H,13,14)(H,16,17). The first kappa shape index (κ1) is 14.2. The van der Waals surface area contributed by atoms with Gasteiger partial charge in [0.1, 0.15) is 17.6 Å². The minimum atomic E-state index is -1.26. The number of aromatic carboxylic acids is 1. The molecular formula is C12H15N3O5. The summed E-state index contributed by atoms with van der Waals surface area (Å²) in [6.07, 6.45) is 4.07. The molecule has 2 N–H and O–H groups in total. The molecule has 1 aliphatic heterocycles. The third kappa shape index (κ3) is 3.41. The van der Waals surface area contributed by atoms with Crippen molar-refractivity contribution in [3.05, 3.63) is 27.9 Å². The van der Waals surface area contributed by atoms with Crippen LogP contribution in [0.25, 0.3) is 0 Å². The monoisotopic (exact) mass is 281 g/mol. The third-order valence-corrected chi connectivity index (χ3v) is 3.09. The average Bonchev–Trinajstić information content (AvgIpc) is 2.45. The molecule has 1 aromatic heterocycles. The van der Waals surface area contributed by atoms with Crippen LogP contribution in [0.3, 0.4) is 0 Å². The Morgan fingerprint density at radius 1 is 1.60 bits per heavy atom. The average molecular weight is 281 g/mol. The second kappa shape index (κ2) is 6.29. The van der Waals surface area contributed by atoms with Gasteiger partial charge >= 0.3 is 5.97 Å². The molecule has 8 nitrogen and oxygen atoms in total. The van der Waals surface area contributed by atoms with Crippen molar-refractivity contribution in [1.29, 1.82) is 0 Å². The van der Waals surface area contributed by atoms with Gasteiger partial charge < -0.3 is 15.2 Å². The Kier molecular flexibility index (Phi) is 4.46. The number of pyridine rings is 1. The predicted octanol–water partition coefficient (Wildman–Crippen LogP) is 1.67. The summed E-state index contributed by atoms with van der Waals surface area (Å²) in [5.41, 5.74) is -0.558. The molecule has 0 spiro atoms. The van der Waals surface area contributed by atoms with Gasteiger partial charge in [0, 0.05) is 19.2 Å². The van der Waals surface area contributed by atoms with Crippen LogP contribution >= 0.6 is 0 Å². The Bertz CT molecular complexity index is 514. The van der Waals surface area contributed by atoms with Gasteiger partial charge in [-0.1, -0.05) is 0 Å². The highest BCUT2D eigenvalue weighted by Gasteiger charge is 2.19. The van der Waals surface area contributed by atoms with Crippen molar-refractivity contribution in [2.24, 2.45) is 0 Å². The summed E-state index contributed by atoms with van der Waals surface area (Å²) in [4.78, 5) is 24.9. The summed E-state index contributed by atoms with van der Waals surface area (Å²) in [5.74, 6) is -1.13. The molecule has 0 aliphatic carbocycles. The van der Waals surface area contributed by atoms with E-state index in [4.69, 9.17) is 9.84 Å². The van der Waals surface area contributed by atoms with Crippen LogP contribution < -0.4 is 5.32 Å². The molecule has 108 valence electrons. The van der Waals surface area contributed by atoms with Crippen LogP contribution in [0.15, 0.2) is 12.3 Å².